The Morgan fingerprint density at radius 1 is 1.22 bits per heavy atom. The first-order valence-corrected chi connectivity index (χ1v) is 10.3. The number of nitrogens with one attached hydrogen (secondary N) is 1. The van der Waals surface area contributed by atoms with Gasteiger partial charge in [-0.3, -0.25) is 9.78 Å². The number of aromatic nitrogens is 1. The Kier molecular flexibility index (Phi) is 6.20. The van der Waals surface area contributed by atoms with E-state index in [0.29, 0.717) is 18.7 Å². The third-order valence-corrected chi connectivity index (χ3v) is 5.79. The number of methoxy groups -OCH3 is 1. The van der Waals surface area contributed by atoms with Crippen LogP contribution in [0.15, 0.2) is 53.6 Å². The predicted octanol–water partition coefficient (Wildman–Crippen LogP) is 1.81. The molecule has 0 atom stereocenters. The first-order valence-electron chi connectivity index (χ1n) is 8.81. The summed E-state index contributed by atoms with van der Waals surface area (Å²) in [5, 5.41) is 0. The lowest BCUT2D eigenvalue weighted by Gasteiger charge is -2.22. The fourth-order valence-corrected chi connectivity index (χ4v) is 3.74. The maximum Gasteiger partial charge on any atom is 0.254 e. The van der Waals surface area contributed by atoms with E-state index < -0.39 is 10.0 Å². The molecule has 0 spiro atoms. The van der Waals surface area contributed by atoms with Crippen LogP contribution in [0.2, 0.25) is 0 Å². The quantitative estimate of drug-likeness (QED) is 0.661. The number of carbonyl (C=O) groups excluding carboxylic acids is 1. The van der Waals surface area contributed by atoms with Crippen molar-refractivity contribution in [3.05, 3.63) is 59.9 Å². The maximum atomic E-state index is 12.9. The van der Waals surface area contributed by atoms with Crippen molar-refractivity contribution in [2.24, 2.45) is 0 Å². The largest absolute Gasteiger partial charge is 0.383 e. The average molecular weight is 389 g/mol. The molecule has 0 aliphatic heterocycles. The molecule has 3 rings (SSSR count). The average Bonchev–Trinajstić information content (AvgIpc) is 3.52. The minimum atomic E-state index is -3.61. The Labute approximate surface area is 159 Å². The number of pyridine rings is 1. The molecule has 0 radical (unpaired) electrons. The van der Waals surface area contributed by atoms with Crippen LogP contribution < -0.4 is 4.72 Å². The second kappa shape index (κ2) is 8.60. The van der Waals surface area contributed by atoms with Gasteiger partial charge >= 0.3 is 0 Å². The second-order valence-corrected chi connectivity index (χ2v) is 8.17. The molecular weight excluding hydrogens is 366 g/mol. The van der Waals surface area contributed by atoms with E-state index in [0.717, 1.165) is 18.5 Å². The van der Waals surface area contributed by atoms with Gasteiger partial charge in [-0.05, 0) is 49.2 Å². The highest BCUT2D eigenvalue weighted by atomic mass is 32.2. The van der Waals surface area contributed by atoms with Crippen molar-refractivity contribution in [1.29, 1.82) is 0 Å². The van der Waals surface area contributed by atoms with Crippen LogP contribution in [0.4, 0.5) is 0 Å². The van der Waals surface area contributed by atoms with Crippen LogP contribution in [0.3, 0.4) is 0 Å². The van der Waals surface area contributed by atoms with Crippen LogP contribution in [-0.2, 0) is 21.3 Å². The fraction of sp³-hybridized carbons (Fsp3) is 0.368. The summed E-state index contributed by atoms with van der Waals surface area (Å²) in [5.41, 5.74) is 1.30. The van der Waals surface area contributed by atoms with Crippen molar-refractivity contribution in [3.63, 3.8) is 0 Å². The summed E-state index contributed by atoms with van der Waals surface area (Å²) < 4.78 is 31.7. The topological polar surface area (TPSA) is 88.6 Å². The van der Waals surface area contributed by atoms with Crippen LogP contribution in [0.1, 0.15) is 28.9 Å². The molecule has 1 aliphatic rings. The van der Waals surface area contributed by atoms with Crippen molar-refractivity contribution in [3.8, 4) is 0 Å². The van der Waals surface area contributed by atoms with Crippen molar-refractivity contribution < 1.29 is 17.9 Å². The lowest BCUT2D eigenvalue weighted by molar-refractivity contribution is 0.0727. The van der Waals surface area contributed by atoms with E-state index in [1.165, 1.54) is 19.2 Å². The van der Waals surface area contributed by atoms with E-state index in [2.05, 4.69) is 9.71 Å². The minimum Gasteiger partial charge on any atom is -0.383 e. The molecule has 1 aliphatic carbocycles. The molecule has 144 valence electrons. The van der Waals surface area contributed by atoms with Gasteiger partial charge in [-0.1, -0.05) is 6.07 Å². The summed E-state index contributed by atoms with van der Waals surface area (Å²) in [4.78, 5) is 19.1. The second-order valence-electron chi connectivity index (χ2n) is 6.40. The van der Waals surface area contributed by atoms with E-state index in [1.54, 1.807) is 18.3 Å². The van der Waals surface area contributed by atoms with E-state index in [4.69, 9.17) is 4.74 Å². The maximum absolute atomic E-state index is 12.9. The standard InChI is InChI=1S/C19H23N3O4S/c1-26-13-12-21-27(24,25)18-9-5-15(6-10-18)19(23)22(17-7-8-17)14-16-4-2-3-11-20-16/h2-6,9-11,17,21H,7-8,12-14H2,1H3. The van der Waals surface area contributed by atoms with Crippen LogP contribution in [0, 0.1) is 0 Å². The molecular formula is C19H23N3O4S. The van der Waals surface area contributed by atoms with Crippen LogP contribution >= 0.6 is 0 Å². The van der Waals surface area contributed by atoms with Crippen molar-refractivity contribution >= 4 is 15.9 Å². The van der Waals surface area contributed by atoms with E-state index >= 15 is 0 Å². The summed E-state index contributed by atoms with van der Waals surface area (Å²) >= 11 is 0. The zero-order valence-electron chi connectivity index (χ0n) is 15.2. The van der Waals surface area contributed by atoms with Gasteiger partial charge in [0.25, 0.3) is 5.91 Å². The van der Waals surface area contributed by atoms with Gasteiger partial charge in [0, 0.05) is 31.5 Å². The molecule has 8 heteroatoms. The first kappa shape index (κ1) is 19.5. The smallest absolute Gasteiger partial charge is 0.254 e. The highest BCUT2D eigenvalue weighted by Gasteiger charge is 2.33. The number of sulfonamides is 1. The van der Waals surface area contributed by atoms with Gasteiger partial charge in [-0.15, -0.1) is 0 Å². The van der Waals surface area contributed by atoms with E-state index in [-0.39, 0.29) is 23.4 Å². The predicted molar refractivity (Wildman–Crippen MR) is 101 cm³/mol. The van der Waals surface area contributed by atoms with Gasteiger partial charge in [0.05, 0.1) is 23.7 Å². The summed E-state index contributed by atoms with van der Waals surface area (Å²) in [7, 11) is -2.11. The minimum absolute atomic E-state index is 0.112. The van der Waals surface area contributed by atoms with Gasteiger partial charge in [-0.2, -0.15) is 0 Å². The molecule has 0 saturated heterocycles. The number of hydrogen-bond acceptors (Lipinski definition) is 5. The van der Waals surface area contributed by atoms with E-state index in [1.807, 2.05) is 23.1 Å². The highest BCUT2D eigenvalue weighted by Crippen LogP contribution is 2.29. The summed E-state index contributed by atoms with van der Waals surface area (Å²) in [6, 6.07) is 11.9. The monoisotopic (exact) mass is 389 g/mol. The lowest BCUT2D eigenvalue weighted by atomic mass is 10.2. The number of hydrogen-bond donors (Lipinski definition) is 1. The van der Waals surface area contributed by atoms with Crippen LogP contribution in [0.25, 0.3) is 0 Å². The zero-order chi connectivity index (χ0) is 19.3. The third kappa shape index (κ3) is 5.12. The summed E-state index contributed by atoms with van der Waals surface area (Å²) in [5.74, 6) is -0.112. The summed E-state index contributed by atoms with van der Waals surface area (Å²) in [6.07, 6.45) is 3.67. The van der Waals surface area contributed by atoms with E-state index in [9.17, 15) is 13.2 Å². The molecule has 1 fully saturated rings. The highest BCUT2D eigenvalue weighted by molar-refractivity contribution is 7.89. The summed E-state index contributed by atoms with van der Waals surface area (Å²) in [6.45, 7) is 0.932. The van der Waals surface area contributed by atoms with Crippen LogP contribution in [-0.4, -0.2) is 50.5 Å². The van der Waals surface area contributed by atoms with Gasteiger partial charge in [0.2, 0.25) is 10.0 Å². The Bertz CT molecular complexity index is 866. The van der Waals surface area contributed by atoms with Crippen molar-refractivity contribution in [2.75, 3.05) is 20.3 Å². The molecule has 0 unspecified atom stereocenters. The molecule has 1 heterocycles. The Morgan fingerprint density at radius 2 is 1.96 bits per heavy atom. The molecule has 1 aromatic carbocycles. The number of amides is 1. The number of carbonyl (C=O) groups is 1. The zero-order valence-corrected chi connectivity index (χ0v) is 16.0. The Hall–Kier alpha value is -2.29. The fourth-order valence-electron chi connectivity index (χ4n) is 2.72. The molecule has 1 aromatic heterocycles. The van der Waals surface area contributed by atoms with Crippen LogP contribution in [0.5, 0.6) is 0 Å². The first-order chi connectivity index (χ1) is 13.0. The van der Waals surface area contributed by atoms with Gasteiger partial charge in [0.15, 0.2) is 0 Å². The molecule has 2 aromatic rings. The third-order valence-electron chi connectivity index (χ3n) is 4.32. The Balaban J connectivity index is 1.72. The molecule has 1 N–H and O–H groups in total. The molecule has 27 heavy (non-hydrogen) atoms. The molecule has 7 nitrogen and oxygen atoms in total. The number of rotatable bonds is 9. The number of ether oxygens (including phenoxy) is 1. The van der Waals surface area contributed by atoms with Gasteiger partial charge in [-0.25, -0.2) is 13.1 Å². The SMILES string of the molecule is COCCNS(=O)(=O)c1ccc(C(=O)N(Cc2ccccn2)C2CC2)cc1. The normalized spacial score (nSPS) is 14.1. The number of benzene rings is 1. The lowest BCUT2D eigenvalue weighted by Crippen LogP contribution is -2.33. The molecule has 0 bridgehead atoms. The Morgan fingerprint density at radius 3 is 2.56 bits per heavy atom. The number of nitrogens with zero attached hydrogens (tertiary/aromatic N) is 2. The van der Waals surface area contributed by atoms with Gasteiger partial charge < -0.3 is 9.64 Å². The van der Waals surface area contributed by atoms with Gasteiger partial charge in [0.1, 0.15) is 0 Å². The van der Waals surface area contributed by atoms with Crippen molar-refractivity contribution in [1.82, 2.24) is 14.6 Å². The molecule has 1 amide bonds. The van der Waals surface area contributed by atoms with Crippen molar-refractivity contribution in [2.45, 2.75) is 30.3 Å². The molecule has 1 saturated carbocycles.